The van der Waals surface area contributed by atoms with E-state index in [9.17, 15) is 0 Å². The maximum absolute atomic E-state index is 6.45. The molecule has 294 valence electrons. The van der Waals surface area contributed by atoms with E-state index in [1.807, 2.05) is 24.3 Å². The number of allylic oxidation sites excluding steroid dienone is 4. The van der Waals surface area contributed by atoms with Gasteiger partial charge in [0.25, 0.3) is 0 Å². The molecule has 0 saturated carbocycles. The van der Waals surface area contributed by atoms with E-state index in [4.69, 9.17) is 15.4 Å². The van der Waals surface area contributed by atoms with Gasteiger partial charge in [-0.15, -0.1) is 0 Å². The number of hydrogen-bond acceptors (Lipinski definition) is 3. The van der Waals surface area contributed by atoms with Gasteiger partial charge in [-0.3, -0.25) is 0 Å². The lowest BCUT2D eigenvalue weighted by Gasteiger charge is -2.28. The predicted molar refractivity (Wildman–Crippen MR) is 262 cm³/mol. The number of benzene rings is 9. The number of anilines is 2. The molecule has 0 saturated heterocycles. The average Bonchev–Trinajstić information content (AvgIpc) is 3.91. The lowest BCUT2D eigenvalue weighted by Crippen LogP contribution is -2.15. The van der Waals surface area contributed by atoms with Crippen molar-refractivity contribution >= 4 is 71.6 Å². The Morgan fingerprint density at radius 1 is 0.452 bits per heavy atom. The Morgan fingerprint density at radius 3 is 1.81 bits per heavy atom. The lowest BCUT2D eigenvalue weighted by molar-refractivity contribution is 0.667. The van der Waals surface area contributed by atoms with Crippen molar-refractivity contribution in [2.45, 2.75) is 6.92 Å². The molecular formula is C59H41NO2. The van der Waals surface area contributed by atoms with Gasteiger partial charge in [0.15, 0.2) is 0 Å². The highest BCUT2D eigenvalue weighted by Crippen LogP contribution is 2.42. The summed E-state index contributed by atoms with van der Waals surface area (Å²) < 4.78 is 12.7. The van der Waals surface area contributed by atoms with E-state index >= 15 is 0 Å². The zero-order valence-corrected chi connectivity index (χ0v) is 34.3. The van der Waals surface area contributed by atoms with Gasteiger partial charge in [0.1, 0.15) is 22.3 Å². The molecule has 0 spiro atoms. The third-order valence-corrected chi connectivity index (χ3v) is 12.0. The van der Waals surface area contributed by atoms with Gasteiger partial charge in [0.2, 0.25) is 0 Å². The number of nitrogens with zero attached hydrogens (tertiary/aromatic N) is 1. The van der Waals surface area contributed by atoms with Crippen molar-refractivity contribution in [2.24, 2.45) is 0 Å². The fraction of sp³-hybridized carbons (Fsp3) is 0.0169. The Balaban J connectivity index is 0.982. The molecule has 11 rings (SSSR count). The number of para-hydroxylation sites is 4. The third-order valence-electron chi connectivity index (χ3n) is 12.0. The lowest BCUT2D eigenvalue weighted by atomic mass is 9.96. The van der Waals surface area contributed by atoms with Crippen LogP contribution in [-0.2, 0) is 0 Å². The van der Waals surface area contributed by atoms with Gasteiger partial charge in [-0.2, -0.15) is 0 Å². The van der Waals surface area contributed by atoms with Gasteiger partial charge in [0, 0.05) is 44.1 Å². The molecule has 0 atom stereocenters. The molecule has 2 heterocycles. The second-order valence-electron chi connectivity index (χ2n) is 15.7. The molecule has 11 aromatic rings. The molecule has 9 aromatic carbocycles. The zero-order chi connectivity index (χ0) is 41.6. The van der Waals surface area contributed by atoms with Crippen LogP contribution in [-0.4, -0.2) is 0 Å². The molecule has 3 nitrogen and oxygen atoms in total. The molecule has 0 aliphatic rings. The second-order valence-corrected chi connectivity index (χ2v) is 15.7. The van der Waals surface area contributed by atoms with E-state index in [1.54, 1.807) is 0 Å². The SMILES string of the molecule is C=C(/C=C\C(=C/C)c1cccc2c1oc1ccccc12)N(c1ccc(-c2ccc(-c3cccc4ccccc34)cc2)cc1)c1ccccc1-c1ccc2oc3ccccc3c2c1. The van der Waals surface area contributed by atoms with Gasteiger partial charge in [0.05, 0.1) is 5.69 Å². The Morgan fingerprint density at radius 2 is 1.02 bits per heavy atom. The smallest absolute Gasteiger partial charge is 0.143 e. The van der Waals surface area contributed by atoms with E-state index in [1.165, 1.54) is 21.9 Å². The third kappa shape index (κ3) is 6.48. The summed E-state index contributed by atoms with van der Waals surface area (Å²) in [4.78, 5) is 2.26. The molecule has 3 heteroatoms. The highest BCUT2D eigenvalue weighted by molar-refractivity contribution is 6.09. The summed E-state index contributed by atoms with van der Waals surface area (Å²) in [6, 6.07) is 70.6. The second kappa shape index (κ2) is 15.5. The van der Waals surface area contributed by atoms with Crippen LogP contribution in [0, 0.1) is 0 Å². The van der Waals surface area contributed by atoms with Gasteiger partial charge in [-0.05, 0) is 99.6 Å². The molecule has 0 aliphatic heterocycles. The monoisotopic (exact) mass is 795 g/mol. The fourth-order valence-corrected chi connectivity index (χ4v) is 8.96. The summed E-state index contributed by atoms with van der Waals surface area (Å²) in [5, 5.41) is 6.91. The van der Waals surface area contributed by atoms with Gasteiger partial charge in [-0.1, -0.05) is 176 Å². The van der Waals surface area contributed by atoms with Crippen molar-refractivity contribution in [3.05, 3.63) is 236 Å². The van der Waals surface area contributed by atoms with Crippen molar-refractivity contribution in [3.8, 4) is 33.4 Å². The summed E-state index contributed by atoms with van der Waals surface area (Å²) in [6.45, 7) is 6.81. The van der Waals surface area contributed by atoms with Gasteiger partial charge >= 0.3 is 0 Å². The minimum Gasteiger partial charge on any atom is -0.456 e. The quantitative estimate of drug-likeness (QED) is 0.136. The maximum Gasteiger partial charge on any atom is 0.143 e. The molecule has 0 N–H and O–H groups in total. The van der Waals surface area contributed by atoms with Crippen LogP contribution in [0.15, 0.2) is 240 Å². The Kier molecular flexibility index (Phi) is 9.21. The summed E-state index contributed by atoms with van der Waals surface area (Å²) >= 11 is 0. The molecule has 2 aromatic heterocycles. The van der Waals surface area contributed by atoms with Crippen LogP contribution < -0.4 is 4.90 Å². The highest BCUT2D eigenvalue weighted by Gasteiger charge is 2.19. The molecular weight excluding hydrogens is 755 g/mol. The van der Waals surface area contributed by atoms with Crippen LogP contribution in [0.5, 0.6) is 0 Å². The molecule has 0 amide bonds. The zero-order valence-electron chi connectivity index (χ0n) is 34.3. The summed E-state index contributed by atoms with van der Waals surface area (Å²) in [6.07, 6.45) is 6.39. The average molecular weight is 796 g/mol. The van der Waals surface area contributed by atoms with Crippen LogP contribution in [0.1, 0.15) is 12.5 Å². The standard InChI is InChI=1S/C59H41NO2/c1-3-40(50-21-13-22-53-51-18-7-11-25-57(51)62-59(50)53)27-26-39(2)60(55-23-9-6-17-49(55)45-34-37-58-54(38-45)52-19-8-10-24-56(52)61-58)46-35-32-42(33-36-46)41-28-30-44(31-29-41)48-20-12-15-43-14-4-5-16-47(43)48/h3-38H,2H2,1H3/b27-26-,40-3+. The largest absolute Gasteiger partial charge is 0.456 e. The van der Waals surface area contributed by atoms with Crippen LogP contribution in [0.4, 0.5) is 11.4 Å². The van der Waals surface area contributed by atoms with Crippen molar-refractivity contribution in [1.29, 1.82) is 0 Å². The van der Waals surface area contributed by atoms with Crippen LogP contribution in [0.3, 0.4) is 0 Å². The summed E-state index contributed by atoms with van der Waals surface area (Å²) in [5.74, 6) is 0. The van der Waals surface area contributed by atoms with E-state index in [0.717, 1.165) is 94.3 Å². The normalized spacial score (nSPS) is 12.0. The molecule has 0 bridgehead atoms. The van der Waals surface area contributed by atoms with Crippen LogP contribution >= 0.6 is 0 Å². The molecule has 0 fully saturated rings. The summed E-state index contributed by atoms with van der Waals surface area (Å²) in [7, 11) is 0. The first-order valence-electron chi connectivity index (χ1n) is 21.0. The Bertz CT molecular complexity index is 3540. The number of rotatable bonds is 9. The first kappa shape index (κ1) is 36.9. The maximum atomic E-state index is 6.45. The first-order chi connectivity index (χ1) is 30.6. The van der Waals surface area contributed by atoms with Crippen molar-refractivity contribution in [3.63, 3.8) is 0 Å². The van der Waals surface area contributed by atoms with E-state index in [2.05, 4.69) is 206 Å². The fourth-order valence-electron chi connectivity index (χ4n) is 8.96. The first-order valence-corrected chi connectivity index (χ1v) is 21.0. The van der Waals surface area contributed by atoms with Crippen molar-refractivity contribution in [1.82, 2.24) is 0 Å². The predicted octanol–water partition coefficient (Wildman–Crippen LogP) is 17.0. The minimum absolute atomic E-state index is 0.815. The number of hydrogen-bond donors (Lipinski definition) is 0. The van der Waals surface area contributed by atoms with Crippen molar-refractivity contribution in [2.75, 3.05) is 4.90 Å². The topological polar surface area (TPSA) is 29.5 Å². The Labute approximate surface area is 360 Å². The molecule has 0 aliphatic carbocycles. The minimum atomic E-state index is 0.815. The molecule has 62 heavy (non-hydrogen) atoms. The van der Waals surface area contributed by atoms with E-state index in [-0.39, 0.29) is 0 Å². The molecule has 0 unspecified atom stereocenters. The number of furan rings is 2. The Hall–Kier alpha value is -8.14. The van der Waals surface area contributed by atoms with E-state index in [0.29, 0.717) is 0 Å². The van der Waals surface area contributed by atoms with Gasteiger partial charge < -0.3 is 13.7 Å². The van der Waals surface area contributed by atoms with Crippen LogP contribution in [0.25, 0.3) is 93.6 Å². The summed E-state index contributed by atoms with van der Waals surface area (Å²) in [5.41, 5.74) is 15.3. The van der Waals surface area contributed by atoms with E-state index < -0.39 is 0 Å². The molecule has 0 radical (unpaired) electrons. The number of fused-ring (bicyclic) bond motifs is 7. The van der Waals surface area contributed by atoms with Crippen molar-refractivity contribution < 1.29 is 8.83 Å². The highest BCUT2D eigenvalue weighted by atomic mass is 16.3. The van der Waals surface area contributed by atoms with Crippen LogP contribution in [0.2, 0.25) is 0 Å². The van der Waals surface area contributed by atoms with Gasteiger partial charge in [-0.25, -0.2) is 0 Å².